The van der Waals surface area contributed by atoms with Crippen LogP contribution in [0, 0.1) is 13.8 Å². The Kier molecular flexibility index (Phi) is 5.39. The summed E-state index contributed by atoms with van der Waals surface area (Å²) in [6, 6.07) is 8.64. The highest BCUT2D eigenvalue weighted by atomic mass is 32.1. The molecule has 0 fully saturated rings. The molecule has 0 radical (unpaired) electrons. The zero-order chi connectivity index (χ0) is 20.2. The van der Waals surface area contributed by atoms with Crippen LogP contribution >= 0.6 is 11.3 Å². The molecule has 29 heavy (non-hydrogen) atoms. The van der Waals surface area contributed by atoms with Crippen molar-refractivity contribution in [3.05, 3.63) is 69.5 Å². The van der Waals surface area contributed by atoms with E-state index in [1.807, 2.05) is 30.7 Å². The van der Waals surface area contributed by atoms with Gasteiger partial charge in [-0.2, -0.15) is 16.3 Å². The maximum Gasteiger partial charge on any atom is 0.338 e. The fraction of sp³-hybridized carbons (Fsp3) is 0.200. The van der Waals surface area contributed by atoms with Crippen molar-refractivity contribution in [2.45, 2.75) is 27.1 Å². The van der Waals surface area contributed by atoms with Crippen LogP contribution in [0.1, 0.15) is 33.2 Å². The van der Waals surface area contributed by atoms with Gasteiger partial charge in [0.1, 0.15) is 18.1 Å². The number of aryl methyl sites for hydroxylation is 2. The minimum Gasteiger partial charge on any atom is -0.489 e. The monoisotopic (exact) mass is 411 g/mol. The van der Waals surface area contributed by atoms with Crippen LogP contribution in [0.15, 0.2) is 50.1 Å². The summed E-state index contributed by atoms with van der Waals surface area (Å²) in [6.07, 6.45) is 0. The molecule has 0 spiro atoms. The van der Waals surface area contributed by atoms with Gasteiger partial charge in [-0.25, -0.2) is 4.79 Å². The second-order valence-electron chi connectivity index (χ2n) is 6.22. The van der Waals surface area contributed by atoms with E-state index < -0.39 is 5.97 Å². The molecule has 3 heterocycles. The Hall–Kier alpha value is -3.46. The van der Waals surface area contributed by atoms with Crippen LogP contribution in [-0.4, -0.2) is 21.3 Å². The van der Waals surface area contributed by atoms with Crippen molar-refractivity contribution < 1.29 is 23.3 Å². The van der Waals surface area contributed by atoms with Gasteiger partial charge >= 0.3 is 5.97 Å². The summed E-state index contributed by atoms with van der Waals surface area (Å²) in [4.78, 5) is 16.6. The number of carbonyl (C=O) groups is 1. The molecule has 4 rings (SSSR count). The molecular formula is C20H17N3O5S. The average molecular weight is 411 g/mol. The first-order valence-electron chi connectivity index (χ1n) is 8.77. The molecule has 0 saturated heterocycles. The van der Waals surface area contributed by atoms with Gasteiger partial charge in [0.2, 0.25) is 5.82 Å². The highest BCUT2D eigenvalue weighted by Crippen LogP contribution is 2.21. The van der Waals surface area contributed by atoms with Crippen LogP contribution in [0.2, 0.25) is 0 Å². The van der Waals surface area contributed by atoms with E-state index in [1.54, 1.807) is 24.3 Å². The van der Waals surface area contributed by atoms with E-state index >= 15 is 0 Å². The van der Waals surface area contributed by atoms with Crippen molar-refractivity contribution >= 4 is 17.3 Å². The molecule has 0 aliphatic rings. The van der Waals surface area contributed by atoms with Gasteiger partial charge in [0, 0.05) is 5.38 Å². The molecule has 148 valence electrons. The summed E-state index contributed by atoms with van der Waals surface area (Å²) in [5, 5.41) is 11.5. The maximum atomic E-state index is 12.4. The minimum absolute atomic E-state index is 0.0867. The number of rotatable bonds is 7. The molecule has 9 heteroatoms. The Labute approximate surface area is 170 Å². The predicted molar refractivity (Wildman–Crippen MR) is 103 cm³/mol. The number of carbonyl (C=O) groups excluding carboxylic acids is 1. The lowest BCUT2D eigenvalue weighted by Crippen LogP contribution is -2.06. The molecule has 3 aromatic heterocycles. The number of ether oxygens (including phenoxy) is 2. The number of hydrogen-bond donors (Lipinski definition) is 0. The quantitative estimate of drug-likeness (QED) is 0.414. The zero-order valence-corrected chi connectivity index (χ0v) is 16.6. The van der Waals surface area contributed by atoms with Crippen LogP contribution in [0.25, 0.3) is 11.5 Å². The van der Waals surface area contributed by atoms with E-state index in [4.69, 9.17) is 18.5 Å². The lowest BCUT2D eigenvalue weighted by Gasteiger charge is -2.07. The molecule has 0 aliphatic carbocycles. The van der Waals surface area contributed by atoms with Crippen molar-refractivity contribution in [3.8, 4) is 17.2 Å². The first-order chi connectivity index (χ1) is 14.1. The first kappa shape index (κ1) is 18.9. The van der Waals surface area contributed by atoms with Crippen molar-refractivity contribution in [1.29, 1.82) is 0 Å². The van der Waals surface area contributed by atoms with Crippen molar-refractivity contribution in [3.63, 3.8) is 0 Å². The molecular weight excluding hydrogens is 394 g/mol. The highest BCUT2D eigenvalue weighted by Gasteiger charge is 2.14. The van der Waals surface area contributed by atoms with E-state index in [1.165, 1.54) is 11.3 Å². The topological polar surface area (TPSA) is 100 Å². The van der Waals surface area contributed by atoms with Gasteiger partial charge in [-0.3, -0.25) is 0 Å². The molecule has 0 atom stereocenters. The summed E-state index contributed by atoms with van der Waals surface area (Å²) in [7, 11) is 0. The molecule has 4 aromatic rings. The zero-order valence-electron chi connectivity index (χ0n) is 15.7. The third-order valence-corrected chi connectivity index (χ3v) is 4.89. The van der Waals surface area contributed by atoms with Crippen molar-refractivity contribution in [2.75, 3.05) is 0 Å². The predicted octanol–water partition coefficient (Wildman–Crippen LogP) is 4.34. The summed E-state index contributed by atoms with van der Waals surface area (Å²) in [5.74, 6) is 1.44. The highest BCUT2D eigenvalue weighted by molar-refractivity contribution is 7.08. The van der Waals surface area contributed by atoms with Gasteiger partial charge in [0.25, 0.3) is 5.89 Å². The number of nitrogens with zero attached hydrogens (tertiary/aromatic N) is 3. The second-order valence-corrected chi connectivity index (χ2v) is 7.00. The lowest BCUT2D eigenvalue weighted by molar-refractivity contribution is 0.0459. The van der Waals surface area contributed by atoms with E-state index in [0.717, 1.165) is 16.8 Å². The molecule has 0 saturated carbocycles. The van der Waals surface area contributed by atoms with Gasteiger partial charge in [-0.05, 0) is 43.5 Å². The third-order valence-electron chi connectivity index (χ3n) is 4.20. The van der Waals surface area contributed by atoms with Crippen molar-refractivity contribution in [1.82, 2.24) is 15.3 Å². The first-order valence-corrected chi connectivity index (χ1v) is 9.71. The largest absolute Gasteiger partial charge is 0.489 e. The third kappa shape index (κ3) is 4.35. The minimum atomic E-state index is -0.505. The number of aromatic nitrogens is 3. The molecule has 1 aromatic carbocycles. The van der Waals surface area contributed by atoms with E-state index in [0.29, 0.717) is 35.4 Å². The number of esters is 1. The maximum absolute atomic E-state index is 12.4. The number of benzene rings is 1. The van der Waals surface area contributed by atoms with Crippen LogP contribution in [0.4, 0.5) is 0 Å². The molecule has 0 aliphatic heterocycles. The van der Waals surface area contributed by atoms with E-state index in [-0.39, 0.29) is 6.61 Å². The average Bonchev–Trinajstić information content (AvgIpc) is 3.47. The summed E-state index contributed by atoms with van der Waals surface area (Å²) in [5.41, 5.74) is 2.86. The van der Waals surface area contributed by atoms with Crippen LogP contribution in [0.5, 0.6) is 5.75 Å². The van der Waals surface area contributed by atoms with Gasteiger partial charge in [-0.1, -0.05) is 16.4 Å². The molecule has 8 nitrogen and oxygen atoms in total. The summed E-state index contributed by atoms with van der Waals surface area (Å²) >= 11 is 1.53. The van der Waals surface area contributed by atoms with Crippen LogP contribution < -0.4 is 4.74 Å². The number of thiophene rings is 1. The Morgan fingerprint density at radius 3 is 2.79 bits per heavy atom. The molecule has 0 unspecified atom stereocenters. The van der Waals surface area contributed by atoms with Gasteiger partial charge in [0.05, 0.1) is 22.4 Å². The molecule has 0 bridgehead atoms. The fourth-order valence-electron chi connectivity index (χ4n) is 2.61. The Bertz CT molecular complexity index is 1100. The Morgan fingerprint density at radius 1 is 1.14 bits per heavy atom. The number of hydrogen-bond acceptors (Lipinski definition) is 9. The fourth-order valence-corrected chi connectivity index (χ4v) is 3.24. The lowest BCUT2D eigenvalue weighted by atomic mass is 10.2. The van der Waals surface area contributed by atoms with Gasteiger partial charge in [0.15, 0.2) is 6.61 Å². The normalized spacial score (nSPS) is 10.8. The second kappa shape index (κ2) is 8.27. The van der Waals surface area contributed by atoms with E-state index in [2.05, 4.69) is 15.3 Å². The molecule has 0 amide bonds. The van der Waals surface area contributed by atoms with E-state index in [9.17, 15) is 4.79 Å². The van der Waals surface area contributed by atoms with Crippen LogP contribution in [-0.2, 0) is 18.0 Å². The summed E-state index contributed by atoms with van der Waals surface area (Å²) < 4.78 is 21.3. The smallest absolute Gasteiger partial charge is 0.338 e. The molecule has 0 N–H and O–H groups in total. The Morgan fingerprint density at radius 2 is 2.03 bits per heavy atom. The standard InChI is InChI=1S/C20H17N3O5S/c1-12-17(13(2)27-22-12)9-25-16-5-3-4-14(8-16)20(24)26-10-18-21-19(28-23-18)15-6-7-29-11-15/h3-8,11H,9-10H2,1-2H3. The van der Waals surface area contributed by atoms with Gasteiger partial charge in [-0.15, -0.1) is 0 Å². The Balaban J connectivity index is 1.36. The SMILES string of the molecule is Cc1noc(C)c1COc1cccc(C(=O)OCc2noc(-c3ccsc3)n2)c1. The van der Waals surface area contributed by atoms with Crippen molar-refractivity contribution in [2.24, 2.45) is 0 Å². The summed E-state index contributed by atoms with van der Waals surface area (Å²) in [6.45, 7) is 3.89. The van der Waals surface area contributed by atoms with Gasteiger partial charge < -0.3 is 18.5 Å². The van der Waals surface area contributed by atoms with Crippen LogP contribution in [0.3, 0.4) is 0 Å².